The molecule has 1 fully saturated rings. The monoisotopic (exact) mass is 480 g/mol. The number of pyridine rings is 1. The molecule has 1 aliphatic carbocycles. The van der Waals surface area contributed by atoms with Crippen LogP contribution in [-0.4, -0.2) is 32.0 Å². The standard InChI is InChI=1S/C27H24N6O3/c1-34-27-22(23(18-7-8-18)30-16-31-27)25-32-21-11-13-35-24(21)26(33-25)29-14-17-5-9-20(10-6-17)36-15-19-4-2-3-12-28-19/h2-6,9-13,16,18H,7-8,14-15H2,1H3,(H,29,32,33). The van der Waals surface area contributed by atoms with Gasteiger partial charge in [-0.2, -0.15) is 0 Å². The molecule has 1 N–H and O–H groups in total. The van der Waals surface area contributed by atoms with Crippen molar-refractivity contribution in [1.29, 1.82) is 0 Å². The van der Waals surface area contributed by atoms with Gasteiger partial charge in [-0.3, -0.25) is 4.98 Å². The Kier molecular flexibility index (Phi) is 5.87. The molecule has 6 rings (SSSR count). The molecule has 0 atom stereocenters. The Bertz CT molecular complexity index is 1480. The first-order chi connectivity index (χ1) is 17.8. The first kappa shape index (κ1) is 22.0. The molecule has 180 valence electrons. The number of anilines is 1. The summed E-state index contributed by atoms with van der Waals surface area (Å²) in [6.45, 7) is 0.971. The highest BCUT2D eigenvalue weighted by molar-refractivity contribution is 5.86. The minimum Gasteiger partial charge on any atom is -0.487 e. The Balaban J connectivity index is 1.23. The summed E-state index contributed by atoms with van der Waals surface area (Å²) in [5.74, 6) is 2.76. The first-order valence-corrected chi connectivity index (χ1v) is 11.8. The normalized spacial score (nSPS) is 13.0. The van der Waals surface area contributed by atoms with Crippen LogP contribution < -0.4 is 14.8 Å². The molecule has 0 unspecified atom stereocenters. The summed E-state index contributed by atoms with van der Waals surface area (Å²) in [6, 6.07) is 15.5. The summed E-state index contributed by atoms with van der Waals surface area (Å²) < 4.78 is 17.1. The largest absolute Gasteiger partial charge is 0.487 e. The zero-order chi connectivity index (χ0) is 24.3. The lowest BCUT2D eigenvalue weighted by Gasteiger charge is -2.13. The van der Waals surface area contributed by atoms with Crippen LogP contribution in [0.2, 0.25) is 0 Å². The molecule has 9 heteroatoms. The van der Waals surface area contributed by atoms with Crippen molar-refractivity contribution in [2.45, 2.75) is 31.9 Å². The van der Waals surface area contributed by atoms with Crippen molar-refractivity contribution in [1.82, 2.24) is 24.9 Å². The van der Waals surface area contributed by atoms with E-state index in [9.17, 15) is 0 Å². The maximum atomic E-state index is 5.84. The van der Waals surface area contributed by atoms with E-state index in [1.807, 2.05) is 48.5 Å². The smallest absolute Gasteiger partial charge is 0.227 e. The van der Waals surface area contributed by atoms with Gasteiger partial charge in [-0.15, -0.1) is 0 Å². The van der Waals surface area contributed by atoms with Crippen LogP contribution in [0.15, 0.2) is 71.7 Å². The summed E-state index contributed by atoms with van der Waals surface area (Å²) in [5, 5.41) is 3.40. The highest BCUT2D eigenvalue weighted by Gasteiger charge is 2.31. The molecule has 5 aromatic rings. The maximum Gasteiger partial charge on any atom is 0.227 e. The highest BCUT2D eigenvalue weighted by atomic mass is 16.5. The lowest BCUT2D eigenvalue weighted by atomic mass is 10.1. The molecule has 0 bridgehead atoms. The second-order valence-corrected chi connectivity index (χ2v) is 8.56. The summed E-state index contributed by atoms with van der Waals surface area (Å²) >= 11 is 0. The Morgan fingerprint density at radius 2 is 1.89 bits per heavy atom. The van der Waals surface area contributed by atoms with E-state index < -0.39 is 0 Å². The molecule has 1 aromatic carbocycles. The van der Waals surface area contributed by atoms with E-state index in [4.69, 9.17) is 23.9 Å². The van der Waals surface area contributed by atoms with Crippen molar-refractivity contribution in [3.8, 4) is 23.0 Å². The Morgan fingerprint density at radius 3 is 2.67 bits per heavy atom. The summed E-state index contributed by atoms with van der Waals surface area (Å²) in [4.78, 5) is 22.7. The van der Waals surface area contributed by atoms with E-state index >= 15 is 0 Å². The molecule has 0 amide bonds. The van der Waals surface area contributed by atoms with Gasteiger partial charge in [0.05, 0.1) is 24.8 Å². The van der Waals surface area contributed by atoms with Crippen LogP contribution >= 0.6 is 0 Å². The number of furan rings is 1. The second-order valence-electron chi connectivity index (χ2n) is 8.56. The van der Waals surface area contributed by atoms with Gasteiger partial charge in [-0.05, 0) is 42.7 Å². The van der Waals surface area contributed by atoms with Crippen molar-refractivity contribution in [2.75, 3.05) is 12.4 Å². The van der Waals surface area contributed by atoms with E-state index in [-0.39, 0.29) is 0 Å². The fraction of sp³-hybridized carbons (Fsp3) is 0.222. The SMILES string of the molecule is COc1ncnc(C2CC2)c1-c1nc(NCc2ccc(OCc3ccccn3)cc2)c2occc2n1. The molecular formula is C27H24N6O3. The fourth-order valence-electron chi connectivity index (χ4n) is 4.04. The van der Waals surface area contributed by atoms with E-state index in [2.05, 4.69) is 20.3 Å². The van der Waals surface area contributed by atoms with Gasteiger partial charge < -0.3 is 19.2 Å². The number of hydrogen-bond donors (Lipinski definition) is 1. The minimum absolute atomic E-state index is 0.385. The number of benzene rings is 1. The average molecular weight is 481 g/mol. The van der Waals surface area contributed by atoms with Crippen LogP contribution in [0.5, 0.6) is 11.6 Å². The number of methoxy groups -OCH3 is 1. The number of aromatic nitrogens is 5. The van der Waals surface area contributed by atoms with Gasteiger partial charge in [-0.1, -0.05) is 18.2 Å². The van der Waals surface area contributed by atoms with E-state index in [0.717, 1.165) is 41.1 Å². The molecule has 4 heterocycles. The molecule has 36 heavy (non-hydrogen) atoms. The predicted octanol–water partition coefficient (Wildman–Crippen LogP) is 5.15. The number of hydrogen-bond acceptors (Lipinski definition) is 9. The molecule has 0 saturated heterocycles. The Hall–Kier alpha value is -4.53. The van der Waals surface area contributed by atoms with Gasteiger partial charge >= 0.3 is 0 Å². The molecule has 1 saturated carbocycles. The van der Waals surface area contributed by atoms with Crippen molar-refractivity contribution >= 4 is 16.9 Å². The third-order valence-corrected chi connectivity index (χ3v) is 6.02. The van der Waals surface area contributed by atoms with Crippen LogP contribution in [0.25, 0.3) is 22.5 Å². The Morgan fingerprint density at radius 1 is 1.00 bits per heavy atom. The zero-order valence-electron chi connectivity index (χ0n) is 19.7. The summed E-state index contributed by atoms with van der Waals surface area (Å²) in [7, 11) is 1.60. The van der Waals surface area contributed by atoms with Gasteiger partial charge in [0, 0.05) is 24.7 Å². The maximum absolute atomic E-state index is 5.84. The number of fused-ring (bicyclic) bond motifs is 1. The average Bonchev–Trinajstić information content (AvgIpc) is 3.67. The van der Waals surface area contributed by atoms with Crippen LogP contribution in [0.1, 0.15) is 35.7 Å². The van der Waals surface area contributed by atoms with Crippen LogP contribution in [0, 0.1) is 0 Å². The van der Waals surface area contributed by atoms with Crippen LogP contribution in [-0.2, 0) is 13.2 Å². The fourth-order valence-corrected chi connectivity index (χ4v) is 4.04. The summed E-state index contributed by atoms with van der Waals surface area (Å²) in [5.41, 5.74) is 4.92. The first-order valence-electron chi connectivity index (χ1n) is 11.8. The second kappa shape index (κ2) is 9.61. The van der Waals surface area contributed by atoms with Crippen molar-refractivity contribution in [3.63, 3.8) is 0 Å². The van der Waals surface area contributed by atoms with Gasteiger partial charge in [0.2, 0.25) is 5.88 Å². The summed E-state index contributed by atoms with van der Waals surface area (Å²) in [6.07, 6.45) is 7.09. The lowest BCUT2D eigenvalue weighted by molar-refractivity contribution is 0.301. The van der Waals surface area contributed by atoms with Crippen molar-refractivity contribution < 1.29 is 13.9 Å². The number of ether oxygens (including phenoxy) is 2. The number of rotatable bonds is 9. The number of nitrogens with one attached hydrogen (secondary N) is 1. The van der Waals surface area contributed by atoms with E-state index in [1.165, 1.54) is 6.33 Å². The predicted molar refractivity (Wildman–Crippen MR) is 134 cm³/mol. The quantitative estimate of drug-likeness (QED) is 0.306. The van der Waals surface area contributed by atoms with Crippen molar-refractivity contribution in [2.24, 2.45) is 0 Å². The number of nitrogens with zero attached hydrogens (tertiary/aromatic N) is 5. The van der Waals surface area contributed by atoms with Crippen molar-refractivity contribution in [3.05, 3.63) is 84.3 Å². The van der Waals surface area contributed by atoms with Crippen LogP contribution in [0.3, 0.4) is 0 Å². The van der Waals surface area contributed by atoms with Crippen LogP contribution in [0.4, 0.5) is 5.82 Å². The molecule has 9 nitrogen and oxygen atoms in total. The third kappa shape index (κ3) is 4.55. The van der Waals surface area contributed by atoms with Gasteiger partial charge in [0.15, 0.2) is 17.2 Å². The molecular weight excluding hydrogens is 456 g/mol. The third-order valence-electron chi connectivity index (χ3n) is 6.02. The zero-order valence-corrected chi connectivity index (χ0v) is 19.7. The van der Waals surface area contributed by atoms with E-state index in [0.29, 0.717) is 47.7 Å². The molecule has 0 spiro atoms. The van der Waals surface area contributed by atoms with Gasteiger partial charge in [0.25, 0.3) is 0 Å². The minimum atomic E-state index is 0.385. The Labute approximate surface area is 207 Å². The molecule has 0 aliphatic heterocycles. The molecule has 0 radical (unpaired) electrons. The van der Waals surface area contributed by atoms with E-state index in [1.54, 1.807) is 19.6 Å². The highest BCUT2D eigenvalue weighted by Crippen LogP contribution is 2.45. The molecule has 4 aromatic heterocycles. The van der Waals surface area contributed by atoms with Gasteiger partial charge in [0.1, 0.15) is 29.8 Å². The molecule has 1 aliphatic rings. The topological polar surface area (TPSA) is 108 Å². The van der Waals surface area contributed by atoms with Gasteiger partial charge in [-0.25, -0.2) is 19.9 Å². The lowest BCUT2D eigenvalue weighted by Crippen LogP contribution is -2.06.